The molecule has 1 aromatic carbocycles. The van der Waals surface area contributed by atoms with Crippen molar-refractivity contribution in [3.05, 3.63) is 45.6 Å². The Morgan fingerprint density at radius 1 is 1.40 bits per heavy atom. The van der Waals surface area contributed by atoms with Gasteiger partial charge in [-0.25, -0.2) is 8.42 Å². The molecule has 0 saturated carbocycles. The van der Waals surface area contributed by atoms with Gasteiger partial charge in [-0.05, 0) is 49.0 Å². The normalized spacial score (nSPS) is 18.4. The van der Waals surface area contributed by atoms with Crippen LogP contribution in [0.4, 0.5) is 5.69 Å². The van der Waals surface area contributed by atoms with Crippen molar-refractivity contribution >= 4 is 44.4 Å². The topological polar surface area (TPSA) is 66.5 Å². The van der Waals surface area contributed by atoms with Gasteiger partial charge in [0.25, 0.3) is 0 Å². The van der Waals surface area contributed by atoms with Gasteiger partial charge in [0.05, 0.1) is 22.2 Å². The minimum absolute atomic E-state index is 0.129. The third-order valence-electron chi connectivity index (χ3n) is 4.22. The number of benzene rings is 1. The number of likely N-dealkylation sites (tertiary alicyclic amines) is 1. The zero-order valence-electron chi connectivity index (χ0n) is 13.7. The Kier molecular flexibility index (Phi) is 5.48. The van der Waals surface area contributed by atoms with E-state index in [4.69, 9.17) is 11.6 Å². The number of halogens is 1. The van der Waals surface area contributed by atoms with Crippen LogP contribution < -0.4 is 5.32 Å². The molecule has 3 rings (SSSR count). The molecule has 1 saturated heterocycles. The number of carbonyl (C=O) groups is 1. The molecule has 0 bridgehead atoms. The van der Waals surface area contributed by atoms with Crippen molar-refractivity contribution in [2.75, 3.05) is 24.7 Å². The van der Waals surface area contributed by atoms with Crippen molar-refractivity contribution in [3.63, 3.8) is 0 Å². The average Bonchev–Trinajstić information content (AvgIpc) is 3.19. The van der Waals surface area contributed by atoms with Gasteiger partial charge in [0.1, 0.15) is 0 Å². The van der Waals surface area contributed by atoms with Crippen LogP contribution in [0, 0.1) is 0 Å². The number of carbonyl (C=O) groups excluding carboxylic acids is 1. The van der Waals surface area contributed by atoms with Crippen LogP contribution in [-0.4, -0.2) is 38.6 Å². The first kappa shape index (κ1) is 18.4. The summed E-state index contributed by atoms with van der Waals surface area (Å²) in [5.74, 6) is -0.198. The van der Waals surface area contributed by atoms with Gasteiger partial charge in [0.2, 0.25) is 5.91 Å². The van der Waals surface area contributed by atoms with Gasteiger partial charge in [0, 0.05) is 17.2 Å². The second-order valence-corrected chi connectivity index (χ2v) is 9.51. The maximum Gasteiger partial charge on any atom is 0.238 e. The van der Waals surface area contributed by atoms with Crippen LogP contribution in [0.1, 0.15) is 23.8 Å². The van der Waals surface area contributed by atoms with Gasteiger partial charge >= 0.3 is 0 Å². The Morgan fingerprint density at radius 2 is 2.20 bits per heavy atom. The molecule has 2 aromatic rings. The molecule has 1 N–H and O–H groups in total. The molecule has 25 heavy (non-hydrogen) atoms. The number of sulfone groups is 1. The number of rotatable bonds is 5. The summed E-state index contributed by atoms with van der Waals surface area (Å²) in [6.45, 7) is 1.12. The van der Waals surface area contributed by atoms with E-state index in [-0.39, 0.29) is 23.4 Å². The molecule has 0 unspecified atom stereocenters. The zero-order chi connectivity index (χ0) is 18.0. The molecule has 0 aliphatic carbocycles. The summed E-state index contributed by atoms with van der Waals surface area (Å²) in [7, 11) is -3.36. The molecular formula is C17H19ClN2O3S2. The van der Waals surface area contributed by atoms with Crippen LogP contribution in [0.25, 0.3) is 0 Å². The Bertz CT molecular complexity index is 866. The molecule has 5 nitrogen and oxygen atoms in total. The fraction of sp³-hybridized carbons (Fsp3) is 0.353. The highest BCUT2D eigenvalue weighted by atomic mass is 35.5. The van der Waals surface area contributed by atoms with Crippen molar-refractivity contribution in [2.24, 2.45) is 0 Å². The van der Waals surface area contributed by atoms with Gasteiger partial charge in [0.15, 0.2) is 9.84 Å². The van der Waals surface area contributed by atoms with Crippen molar-refractivity contribution in [3.8, 4) is 0 Å². The summed E-state index contributed by atoms with van der Waals surface area (Å²) >= 11 is 7.80. The lowest BCUT2D eigenvalue weighted by Gasteiger charge is -2.23. The number of thiophene rings is 1. The number of amides is 1. The van der Waals surface area contributed by atoms with E-state index in [2.05, 4.69) is 16.3 Å². The van der Waals surface area contributed by atoms with Gasteiger partial charge in [-0.1, -0.05) is 17.7 Å². The molecular weight excluding hydrogens is 380 g/mol. The summed E-state index contributed by atoms with van der Waals surface area (Å²) < 4.78 is 23.3. The fourth-order valence-corrected chi connectivity index (χ4v) is 4.73. The lowest BCUT2D eigenvalue weighted by Crippen LogP contribution is -2.32. The molecule has 1 aliphatic heterocycles. The number of hydrogen-bond donors (Lipinski definition) is 1. The van der Waals surface area contributed by atoms with Crippen LogP contribution in [-0.2, 0) is 14.6 Å². The quantitative estimate of drug-likeness (QED) is 0.835. The van der Waals surface area contributed by atoms with Crippen molar-refractivity contribution in [1.82, 2.24) is 4.90 Å². The SMILES string of the molecule is CS(=O)(=O)c1ccc(Cl)c(NC(=O)CN2CCC[C@H]2c2cccs2)c1. The summed E-state index contributed by atoms with van der Waals surface area (Å²) in [4.78, 5) is 16.0. The van der Waals surface area contributed by atoms with E-state index in [0.717, 1.165) is 25.6 Å². The zero-order valence-corrected chi connectivity index (χ0v) is 16.1. The Balaban J connectivity index is 1.70. The number of nitrogens with one attached hydrogen (secondary N) is 1. The van der Waals surface area contributed by atoms with Gasteiger partial charge in [-0.15, -0.1) is 11.3 Å². The van der Waals surface area contributed by atoms with Crippen LogP contribution in [0.3, 0.4) is 0 Å². The molecule has 1 aliphatic rings. The van der Waals surface area contributed by atoms with Crippen LogP contribution in [0.15, 0.2) is 40.6 Å². The van der Waals surface area contributed by atoms with Crippen molar-refractivity contribution < 1.29 is 13.2 Å². The van der Waals surface area contributed by atoms with E-state index in [1.807, 2.05) is 11.4 Å². The molecule has 1 atom stereocenters. The molecule has 1 aromatic heterocycles. The highest BCUT2D eigenvalue weighted by molar-refractivity contribution is 7.90. The monoisotopic (exact) mass is 398 g/mol. The lowest BCUT2D eigenvalue weighted by molar-refractivity contribution is -0.117. The van der Waals surface area contributed by atoms with E-state index in [1.54, 1.807) is 11.3 Å². The first-order chi connectivity index (χ1) is 11.8. The Labute approximate surface area is 156 Å². The first-order valence-corrected chi connectivity index (χ1v) is 11.1. The Morgan fingerprint density at radius 3 is 2.88 bits per heavy atom. The summed E-state index contributed by atoms with van der Waals surface area (Å²) in [5.41, 5.74) is 0.321. The van der Waals surface area contributed by atoms with Gasteiger partial charge in [-0.2, -0.15) is 0 Å². The predicted molar refractivity (Wildman–Crippen MR) is 101 cm³/mol. The lowest BCUT2D eigenvalue weighted by atomic mass is 10.2. The molecule has 134 valence electrons. The van der Waals surface area contributed by atoms with E-state index >= 15 is 0 Å². The standard InChI is InChI=1S/C17H19ClN2O3S2/c1-25(22,23)12-6-7-13(18)14(10-12)19-17(21)11-20-8-2-4-15(20)16-5-3-9-24-16/h3,5-7,9-10,15H,2,4,8,11H2,1H3,(H,19,21)/t15-/m0/s1. The maximum atomic E-state index is 12.4. The van der Waals surface area contributed by atoms with Crippen LogP contribution >= 0.6 is 22.9 Å². The fourth-order valence-electron chi connectivity index (χ4n) is 3.02. The van der Waals surface area contributed by atoms with Crippen LogP contribution in [0.2, 0.25) is 5.02 Å². The molecule has 1 fully saturated rings. The van der Waals surface area contributed by atoms with E-state index in [0.29, 0.717) is 10.7 Å². The number of anilines is 1. The van der Waals surface area contributed by atoms with Crippen molar-refractivity contribution in [2.45, 2.75) is 23.8 Å². The van der Waals surface area contributed by atoms with E-state index in [9.17, 15) is 13.2 Å². The summed E-state index contributed by atoms with van der Waals surface area (Å²) in [5, 5.41) is 5.10. The van der Waals surface area contributed by atoms with E-state index in [1.165, 1.54) is 23.1 Å². The highest BCUT2D eigenvalue weighted by Gasteiger charge is 2.28. The summed E-state index contributed by atoms with van der Waals surface area (Å²) in [6.07, 6.45) is 3.22. The third-order valence-corrected chi connectivity index (χ3v) is 6.64. The van der Waals surface area contributed by atoms with Gasteiger partial charge in [-0.3, -0.25) is 9.69 Å². The molecule has 1 amide bonds. The largest absolute Gasteiger partial charge is 0.324 e. The third kappa shape index (κ3) is 4.41. The molecule has 0 radical (unpaired) electrons. The van der Waals surface area contributed by atoms with Gasteiger partial charge < -0.3 is 5.32 Å². The second-order valence-electron chi connectivity index (χ2n) is 6.11. The summed E-state index contributed by atoms with van der Waals surface area (Å²) in [6, 6.07) is 8.70. The number of nitrogens with zero attached hydrogens (tertiary/aromatic N) is 1. The molecule has 8 heteroatoms. The predicted octanol–water partition coefficient (Wildman–Crippen LogP) is 3.58. The van der Waals surface area contributed by atoms with Crippen LogP contribution in [0.5, 0.6) is 0 Å². The second kappa shape index (κ2) is 7.45. The number of hydrogen-bond acceptors (Lipinski definition) is 5. The van der Waals surface area contributed by atoms with Crippen molar-refractivity contribution in [1.29, 1.82) is 0 Å². The molecule has 0 spiro atoms. The highest BCUT2D eigenvalue weighted by Crippen LogP contribution is 2.34. The Hall–Kier alpha value is -1.41. The maximum absolute atomic E-state index is 12.4. The van der Waals surface area contributed by atoms with E-state index < -0.39 is 9.84 Å². The minimum atomic E-state index is -3.36. The smallest absolute Gasteiger partial charge is 0.238 e. The average molecular weight is 399 g/mol. The first-order valence-electron chi connectivity index (χ1n) is 7.91. The minimum Gasteiger partial charge on any atom is -0.324 e. The molecule has 2 heterocycles.